The molecule has 5 nitrogen and oxygen atoms in total. The van der Waals surface area contributed by atoms with Crippen LogP contribution in [0.2, 0.25) is 0 Å². The van der Waals surface area contributed by atoms with E-state index in [2.05, 4.69) is 4.98 Å². The number of hydrogen-bond donors (Lipinski definition) is 1. The Morgan fingerprint density at radius 2 is 2.00 bits per heavy atom. The van der Waals surface area contributed by atoms with E-state index in [1.54, 1.807) is 35.2 Å². The number of rotatable bonds is 3. The summed E-state index contributed by atoms with van der Waals surface area (Å²) in [7, 11) is 0. The van der Waals surface area contributed by atoms with Gasteiger partial charge in [0.15, 0.2) is 5.56 Å². The summed E-state index contributed by atoms with van der Waals surface area (Å²) in [6.45, 7) is 2.29. The maximum absolute atomic E-state index is 13.3. The van der Waals surface area contributed by atoms with E-state index >= 15 is 0 Å². The van der Waals surface area contributed by atoms with Gasteiger partial charge in [-0.15, -0.1) is 11.3 Å². The van der Waals surface area contributed by atoms with Crippen molar-refractivity contribution in [2.75, 3.05) is 0 Å². The number of pyridine rings is 1. The zero-order chi connectivity index (χ0) is 18.3. The molecule has 0 spiro atoms. The van der Waals surface area contributed by atoms with E-state index in [-0.39, 0.29) is 17.0 Å². The van der Waals surface area contributed by atoms with Crippen LogP contribution < -0.4 is 10.1 Å². The topological polar surface area (TPSA) is 58.5 Å². The van der Waals surface area contributed by atoms with Gasteiger partial charge in [-0.25, -0.2) is 14.2 Å². The molecule has 4 rings (SSSR count). The molecule has 0 aliphatic carbocycles. The molecule has 0 aliphatic rings. The number of hydrogen-bond acceptors (Lipinski definition) is 4. The minimum atomic E-state index is -0.401. The molecule has 4 aromatic rings. The minimum absolute atomic E-state index is 0.134. The SMILES string of the molecule is Cc1ncc(C[n+]2c(O)c(-c3ccc(F)cc3)c(=O)n3ccccc32)s1. The van der Waals surface area contributed by atoms with E-state index < -0.39 is 5.82 Å². The fourth-order valence-electron chi connectivity index (χ4n) is 2.94. The van der Waals surface area contributed by atoms with Gasteiger partial charge in [-0.05, 0) is 30.7 Å². The average Bonchev–Trinajstić information content (AvgIpc) is 3.05. The summed E-state index contributed by atoms with van der Waals surface area (Å²) in [5.74, 6) is -0.555. The van der Waals surface area contributed by atoms with Crippen LogP contribution in [0, 0.1) is 12.7 Å². The van der Waals surface area contributed by atoms with Crippen LogP contribution in [0.5, 0.6) is 5.88 Å². The number of aromatic hydroxyl groups is 1. The zero-order valence-electron chi connectivity index (χ0n) is 13.9. The fourth-order valence-corrected chi connectivity index (χ4v) is 3.73. The number of benzene rings is 1. The summed E-state index contributed by atoms with van der Waals surface area (Å²) < 4.78 is 16.4. The third-order valence-corrected chi connectivity index (χ3v) is 5.04. The van der Waals surface area contributed by atoms with E-state index in [4.69, 9.17) is 0 Å². The van der Waals surface area contributed by atoms with Crippen LogP contribution in [0.3, 0.4) is 0 Å². The molecule has 0 atom stereocenters. The number of aromatic nitrogens is 3. The summed E-state index contributed by atoms with van der Waals surface area (Å²) >= 11 is 1.53. The molecular weight excluding hydrogens is 353 g/mol. The molecule has 0 saturated heterocycles. The highest BCUT2D eigenvalue weighted by Crippen LogP contribution is 2.24. The largest absolute Gasteiger partial charge is 0.477 e. The van der Waals surface area contributed by atoms with Gasteiger partial charge < -0.3 is 5.11 Å². The Bertz CT molecular complexity index is 1170. The van der Waals surface area contributed by atoms with E-state index in [9.17, 15) is 14.3 Å². The maximum atomic E-state index is 13.3. The molecule has 0 radical (unpaired) electrons. The van der Waals surface area contributed by atoms with Gasteiger partial charge in [-0.2, -0.15) is 8.97 Å². The molecule has 130 valence electrons. The van der Waals surface area contributed by atoms with Gasteiger partial charge >= 0.3 is 5.56 Å². The van der Waals surface area contributed by atoms with Gasteiger partial charge in [0.05, 0.1) is 16.1 Å². The minimum Gasteiger partial charge on any atom is -0.477 e. The first-order valence-electron chi connectivity index (χ1n) is 7.98. The third-order valence-electron chi connectivity index (χ3n) is 4.14. The summed E-state index contributed by atoms with van der Waals surface area (Å²) in [6.07, 6.45) is 3.41. The Labute approximate surface area is 152 Å². The van der Waals surface area contributed by atoms with Crippen molar-refractivity contribution < 1.29 is 14.1 Å². The molecule has 26 heavy (non-hydrogen) atoms. The average molecular weight is 368 g/mol. The standard InChI is InChI=1S/C19H14FN3O2S/c1-12-21-10-15(26-12)11-23-16-4-2-3-9-22(16)18(24)17(19(23)25)13-5-7-14(20)8-6-13/h2-10H,11H2,1H3/p+1. The van der Waals surface area contributed by atoms with E-state index in [1.807, 2.05) is 6.92 Å². The molecule has 3 heterocycles. The van der Waals surface area contributed by atoms with Crippen LogP contribution >= 0.6 is 11.3 Å². The van der Waals surface area contributed by atoms with Crippen LogP contribution in [0.4, 0.5) is 4.39 Å². The third kappa shape index (κ3) is 2.76. The number of fused-ring (bicyclic) bond motifs is 1. The number of aryl methyl sites for hydroxylation is 1. The summed E-state index contributed by atoms with van der Waals surface area (Å²) in [5.41, 5.74) is 0.796. The lowest BCUT2D eigenvalue weighted by Gasteiger charge is -2.09. The second kappa shape index (κ2) is 6.34. The second-order valence-corrected chi connectivity index (χ2v) is 7.19. The number of halogens is 1. The first-order valence-corrected chi connectivity index (χ1v) is 8.79. The molecule has 7 heteroatoms. The Hall–Kier alpha value is -3.06. The van der Waals surface area contributed by atoms with Crippen molar-refractivity contribution in [2.24, 2.45) is 0 Å². The normalized spacial score (nSPS) is 11.2. The van der Waals surface area contributed by atoms with Gasteiger partial charge in [0.2, 0.25) is 0 Å². The van der Waals surface area contributed by atoms with Crippen molar-refractivity contribution in [1.29, 1.82) is 0 Å². The quantitative estimate of drug-likeness (QED) is 0.566. The van der Waals surface area contributed by atoms with Crippen LogP contribution in [0.25, 0.3) is 16.8 Å². The molecular formula is C19H15FN3O2S+. The fraction of sp³-hybridized carbons (Fsp3) is 0.105. The van der Waals surface area contributed by atoms with Crippen molar-refractivity contribution in [2.45, 2.75) is 13.5 Å². The van der Waals surface area contributed by atoms with Gasteiger partial charge in [0.25, 0.3) is 11.5 Å². The second-order valence-electron chi connectivity index (χ2n) is 5.87. The maximum Gasteiger partial charge on any atom is 0.354 e. The van der Waals surface area contributed by atoms with Crippen LogP contribution in [-0.2, 0) is 6.54 Å². The van der Waals surface area contributed by atoms with Gasteiger partial charge in [0, 0.05) is 12.3 Å². The van der Waals surface area contributed by atoms with Crippen molar-refractivity contribution in [1.82, 2.24) is 9.38 Å². The summed E-state index contributed by atoms with van der Waals surface area (Å²) in [4.78, 5) is 18.1. The first-order chi connectivity index (χ1) is 12.5. The smallest absolute Gasteiger partial charge is 0.354 e. The predicted molar refractivity (Wildman–Crippen MR) is 96.9 cm³/mol. The van der Waals surface area contributed by atoms with E-state index in [1.165, 1.54) is 40.0 Å². The highest BCUT2D eigenvalue weighted by Gasteiger charge is 2.25. The molecule has 0 unspecified atom stereocenters. The summed E-state index contributed by atoms with van der Waals surface area (Å²) in [5, 5.41) is 11.8. The molecule has 1 aromatic carbocycles. The van der Waals surface area contributed by atoms with Crippen LogP contribution in [-0.4, -0.2) is 14.5 Å². The van der Waals surface area contributed by atoms with Crippen molar-refractivity contribution in [3.05, 3.63) is 80.9 Å². The predicted octanol–water partition coefficient (Wildman–Crippen LogP) is 2.91. The molecule has 0 amide bonds. The molecule has 1 N–H and O–H groups in total. The zero-order valence-corrected chi connectivity index (χ0v) is 14.7. The van der Waals surface area contributed by atoms with Crippen molar-refractivity contribution >= 4 is 17.0 Å². The Kier molecular flexibility index (Phi) is 4.00. The Morgan fingerprint density at radius 3 is 2.69 bits per heavy atom. The number of thiazole rings is 1. The lowest BCUT2D eigenvalue weighted by atomic mass is 10.1. The Morgan fingerprint density at radius 1 is 1.23 bits per heavy atom. The summed E-state index contributed by atoms with van der Waals surface area (Å²) in [6, 6.07) is 10.8. The van der Waals surface area contributed by atoms with Crippen LogP contribution in [0.15, 0.2) is 59.7 Å². The highest BCUT2D eigenvalue weighted by atomic mass is 32.1. The molecule has 3 aromatic heterocycles. The lowest BCUT2D eigenvalue weighted by Crippen LogP contribution is -2.41. The monoisotopic (exact) mass is 368 g/mol. The Balaban J connectivity index is 2.00. The van der Waals surface area contributed by atoms with E-state index in [0.717, 1.165) is 9.88 Å². The van der Waals surface area contributed by atoms with Crippen molar-refractivity contribution in [3.8, 4) is 17.0 Å². The van der Waals surface area contributed by atoms with Crippen LogP contribution in [0.1, 0.15) is 9.88 Å². The van der Waals surface area contributed by atoms with E-state index in [0.29, 0.717) is 17.8 Å². The first kappa shape index (κ1) is 16.4. The lowest BCUT2D eigenvalue weighted by molar-refractivity contribution is -0.671. The van der Waals surface area contributed by atoms with Gasteiger partial charge in [0.1, 0.15) is 12.4 Å². The number of nitrogens with zero attached hydrogens (tertiary/aromatic N) is 3. The molecule has 0 bridgehead atoms. The molecule has 0 fully saturated rings. The highest BCUT2D eigenvalue weighted by molar-refractivity contribution is 7.11. The van der Waals surface area contributed by atoms with Gasteiger partial charge in [-0.3, -0.25) is 0 Å². The van der Waals surface area contributed by atoms with Crippen molar-refractivity contribution in [3.63, 3.8) is 0 Å². The molecule has 0 aliphatic heterocycles. The molecule has 0 saturated carbocycles. The van der Waals surface area contributed by atoms with Gasteiger partial charge in [-0.1, -0.05) is 18.2 Å².